The largest absolute Gasteiger partial charge is 0.435 e. The number of rotatable bonds is 3. The molecule has 0 unspecified atom stereocenters. The van der Waals surface area contributed by atoms with E-state index in [0.29, 0.717) is 11.4 Å². The predicted molar refractivity (Wildman–Crippen MR) is 41.5 cm³/mol. The first kappa shape index (κ1) is 9.85. The van der Waals surface area contributed by atoms with E-state index in [-0.39, 0.29) is 12.4 Å². The zero-order valence-electron chi connectivity index (χ0n) is 7.00. The van der Waals surface area contributed by atoms with Gasteiger partial charge < -0.3 is 9.84 Å². The van der Waals surface area contributed by atoms with Gasteiger partial charge in [0.05, 0.1) is 12.3 Å². The van der Waals surface area contributed by atoms with E-state index in [1.165, 1.54) is 12.1 Å². The van der Waals surface area contributed by atoms with E-state index in [4.69, 9.17) is 5.11 Å². The lowest BCUT2D eigenvalue weighted by atomic mass is 10.3. The average molecular weight is 189 g/mol. The molecule has 1 aromatic rings. The first-order valence-electron chi connectivity index (χ1n) is 3.65. The summed E-state index contributed by atoms with van der Waals surface area (Å²) >= 11 is 0. The number of halogens is 2. The van der Waals surface area contributed by atoms with Crippen molar-refractivity contribution in [3.63, 3.8) is 0 Å². The van der Waals surface area contributed by atoms with Crippen LogP contribution in [0.25, 0.3) is 0 Å². The molecule has 0 saturated carbocycles. The van der Waals surface area contributed by atoms with Crippen molar-refractivity contribution in [1.82, 2.24) is 4.98 Å². The summed E-state index contributed by atoms with van der Waals surface area (Å²) in [5, 5.41) is 8.72. The normalized spacial score (nSPS) is 10.5. The lowest BCUT2D eigenvalue weighted by Crippen LogP contribution is -2.03. The van der Waals surface area contributed by atoms with Crippen LogP contribution < -0.4 is 4.74 Å². The van der Waals surface area contributed by atoms with Gasteiger partial charge in [0.25, 0.3) is 0 Å². The second-order valence-corrected chi connectivity index (χ2v) is 2.47. The molecule has 0 aliphatic carbocycles. The molecule has 1 aromatic heterocycles. The van der Waals surface area contributed by atoms with Crippen molar-refractivity contribution in [3.8, 4) is 5.75 Å². The molecule has 13 heavy (non-hydrogen) atoms. The molecule has 0 atom stereocenters. The zero-order valence-corrected chi connectivity index (χ0v) is 7.00. The fourth-order valence-corrected chi connectivity index (χ4v) is 0.955. The SMILES string of the molecule is Cc1cc(OC(F)F)cc(CO)n1. The van der Waals surface area contributed by atoms with E-state index in [0.717, 1.165) is 0 Å². The molecule has 0 aliphatic rings. The Hall–Kier alpha value is -1.23. The minimum absolute atomic E-state index is 0.0200. The van der Waals surface area contributed by atoms with Crippen LogP contribution in [-0.4, -0.2) is 16.7 Å². The van der Waals surface area contributed by atoms with E-state index in [9.17, 15) is 8.78 Å². The van der Waals surface area contributed by atoms with Gasteiger partial charge in [-0.1, -0.05) is 0 Å². The van der Waals surface area contributed by atoms with E-state index >= 15 is 0 Å². The predicted octanol–water partition coefficient (Wildman–Crippen LogP) is 1.48. The number of alkyl halides is 2. The Balaban J connectivity index is 2.88. The van der Waals surface area contributed by atoms with Gasteiger partial charge in [0.15, 0.2) is 0 Å². The van der Waals surface area contributed by atoms with Gasteiger partial charge in [-0.3, -0.25) is 4.98 Å². The third kappa shape index (κ3) is 2.95. The highest BCUT2D eigenvalue weighted by molar-refractivity contribution is 5.26. The summed E-state index contributed by atoms with van der Waals surface area (Å²) in [4.78, 5) is 3.88. The molecule has 0 saturated heterocycles. The summed E-state index contributed by atoms with van der Waals surface area (Å²) in [6.45, 7) is -1.51. The highest BCUT2D eigenvalue weighted by atomic mass is 19.3. The first-order valence-corrected chi connectivity index (χ1v) is 3.65. The van der Waals surface area contributed by atoms with E-state index in [1.54, 1.807) is 6.92 Å². The molecule has 5 heteroatoms. The monoisotopic (exact) mass is 189 g/mol. The lowest BCUT2D eigenvalue weighted by Gasteiger charge is -2.06. The third-order valence-corrected chi connectivity index (χ3v) is 1.37. The maximum atomic E-state index is 11.8. The summed E-state index contributed by atoms with van der Waals surface area (Å²) in [5.74, 6) is 0.0200. The van der Waals surface area contributed by atoms with Crippen LogP contribution in [-0.2, 0) is 6.61 Å². The molecule has 0 aromatic carbocycles. The molecular formula is C8H9F2NO2. The summed E-state index contributed by atoms with van der Waals surface area (Å²) < 4.78 is 27.7. The number of aliphatic hydroxyl groups excluding tert-OH is 1. The van der Waals surface area contributed by atoms with Crippen molar-refractivity contribution in [1.29, 1.82) is 0 Å². The molecule has 0 fully saturated rings. The Morgan fingerprint density at radius 2 is 2.23 bits per heavy atom. The van der Waals surface area contributed by atoms with Crippen LogP contribution in [0.2, 0.25) is 0 Å². The van der Waals surface area contributed by atoms with Crippen LogP contribution in [0.5, 0.6) is 5.75 Å². The smallest absolute Gasteiger partial charge is 0.387 e. The molecule has 72 valence electrons. The summed E-state index contributed by atoms with van der Waals surface area (Å²) in [6, 6.07) is 2.66. The number of nitrogens with zero attached hydrogens (tertiary/aromatic N) is 1. The lowest BCUT2D eigenvalue weighted by molar-refractivity contribution is -0.0500. The Bertz CT molecular complexity index is 291. The van der Waals surface area contributed by atoms with Gasteiger partial charge in [0.2, 0.25) is 0 Å². The van der Waals surface area contributed by atoms with E-state index < -0.39 is 6.61 Å². The van der Waals surface area contributed by atoms with Gasteiger partial charge in [0.1, 0.15) is 5.75 Å². The fourth-order valence-electron chi connectivity index (χ4n) is 0.955. The van der Waals surface area contributed by atoms with Crippen LogP contribution in [0.3, 0.4) is 0 Å². The standard InChI is InChI=1S/C8H9F2NO2/c1-5-2-7(13-8(9)10)3-6(4-12)11-5/h2-3,8,12H,4H2,1H3. The van der Waals surface area contributed by atoms with Gasteiger partial charge >= 0.3 is 6.61 Å². The zero-order chi connectivity index (χ0) is 9.84. The quantitative estimate of drug-likeness (QED) is 0.783. The van der Waals surface area contributed by atoms with Crippen molar-refractivity contribution in [3.05, 3.63) is 23.5 Å². The van der Waals surface area contributed by atoms with Crippen LogP contribution in [0.1, 0.15) is 11.4 Å². The summed E-state index contributed by atoms with van der Waals surface area (Å²) in [6.07, 6.45) is 0. The summed E-state index contributed by atoms with van der Waals surface area (Å²) in [7, 11) is 0. The number of hydrogen-bond acceptors (Lipinski definition) is 3. The maximum Gasteiger partial charge on any atom is 0.387 e. The highest BCUT2D eigenvalue weighted by Gasteiger charge is 2.06. The minimum atomic E-state index is -2.85. The Labute approximate surface area is 74.0 Å². The second-order valence-electron chi connectivity index (χ2n) is 2.47. The number of pyridine rings is 1. The third-order valence-electron chi connectivity index (χ3n) is 1.37. The highest BCUT2D eigenvalue weighted by Crippen LogP contribution is 2.16. The molecule has 0 bridgehead atoms. The molecule has 3 nitrogen and oxygen atoms in total. The van der Waals surface area contributed by atoms with Gasteiger partial charge in [-0.2, -0.15) is 8.78 Å². The van der Waals surface area contributed by atoms with Crippen LogP contribution >= 0.6 is 0 Å². The molecule has 1 N–H and O–H groups in total. The number of aryl methyl sites for hydroxylation is 1. The Morgan fingerprint density at radius 3 is 2.77 bits per heavy atom. The molecule has 1 rings (SSSR count). The van der Waals surface area contributed by atoms with Crippen molar-refractivity contribution in [2.24, 2.45) is 0 Å². The number of hydrogen-bond donors (Lipinski definition) is 1. The van der Waals surface area contributed by atoms with Crippen molar-refractivity contribution >= 4 is 0 Å². The van der Waals surface area contributed by atoms with Crippen molar-refractivity contribution < 1.29 is 18.6 Å². The molecule has 0 aliphatic heterocycles. The molecule has 1 heterocycles. The fraction of sp³-hybridized carbons (Fsp3) is 0.375. The molecule has 0 spiro atoms. The van der Waals surface area contributed by atoms with Crippen molar-refractivity contribution in [2.75, 3.05) is 0 Å². The number of aromatic nitrogens is 1. The van der Waals surface area contributed by atoms with Crippen LogP contribution in [0.15, 0.2) is 12.1 Å². The molecule has 0 radical (unpaired) electrons. The van der Waals surface area contributed by atoms with E-state index in [1.807, 2.05) is 0 Å². The van der Waals surface area contributed by atoms with Gasteiger partial charge in [-0.05, 0) is 6.92 Å². The maximum absolute atomic E-state index is 11.8. The Kier molecular flexibility index (Phi) is 3.13. The number of aliphatic hydroxyl groups is 1. The molecule has 0 amide bonds. The molecular weight excluding hydrogens is 180 g/mol. The average Bonchev–Trinajstić information content (AvgIpc) is 2.01. The van der Waals surface area contributed by atoms with Gasteiger partial charge in [-0.25, -0.2) is 0 Å². The van der Waals surface area contributed by atoms with Crippen LogP contribution in [0, 0.1) is 6.92 Å². The van der Waals surface area contributed by atoms with Crippen LogP contribution in [0.4, 0.5) is 8.78 Å². The second kappa shape index (κ2) is 4.13. The summed E-state index contributed by atoms with van der Waals surface area (Å²) in [5.41, 5.74) is 0.845. The first-order chi connectivity index (χ1) is 6.11. The van der Waals surface area contributed by atoms with Crippen molar-refractivity contribution in [2.45, 2.75) is 20.1 Å². The minimum Gasteiger partial charge on any atom is -0.435 e. The van der Waals surface area contributed by atoms with Gasteiger partial charge in [0, 0.05) is 17.8 Å². The van der Waals surface area contributed by atoms with Gasteiger partial charge in [-0.15, -0.1) is 0 Å². The topological polar surface area (TPSA) is 42.4 Å². The number of ether oxygens (including phenoxy) is 1. The van der Waals surface area contributed by atoms with E-state index in [2.05, 4.69) is 9.72 Å². The Morgan fingerprint density at radius 1 is 1.54 bits per heavy atom.